The Morgan fingerprint density at radius 2 is 2.39 bits per heavy atom. The van der Waals surface area contributed by atoms with Crippen LogP contribution in [0.15, 0.2) is 12.1 Å². The standard InChI is InChI=1S/C14H17NO2S/c1-10-8-11(10)9-15-14(17)13-6-5-12(18-13)4-2-3-7-16/h5-6,10-11,16H,3,7-9H2,1H3,(H,15,17). The van der Waals surface area contributed by atoms with Gasteiger partial charge in [-0.15, -0.1) is 11.3 Å². The van der Waals surface area contributed by atoms with E-state index < -0.39 is 0 Å². The quantitative estimate of drug-likeness (QED) is 0.815. The van der Waals surface area contributed by atoms with Gasteiger partial charge in [-0.1, -0.05) is 18.8 Å². The van der Waals surface area contributed by atoms with Crippen molar-refractivity contribution in [3.8, 4) is 11.8 Å². The van der Waals surface area contributed by atoms with Gasteiger partial charge in [0.1, 0.15) is 0 Å². The third kappa shape index (κ3) is 3.59. The van der Waals surface area contributed by atoms with Crippen LogP contribution in [-0.2, 0) is 0 Å². The number of hydrogen-bond acceptors (Lipinski definition) is 3. The molecule has 1 saturated carbocycles. The predicted molar refractivity (Wildman–Crippen MR) is 72.5 cm³/mol. The summed E-state index contributed by atoms with van der Waals surface area (Å²) in [6, 6.07) is 3.66. The van der Waals surface area contributed by atoms with Gasteiger partial charge in [-0.05, 0) is 30.4 Å². The van der Waals surface area contributed by atoms with E-state index in [4.69, 9.17) is 5.11 Å². The maximum atomic E-state index is 11.8. The molecule has 2 N–H and O–H groups in total. The first kappa shape index (κ1) is 13.1. The summed E-state index contributed by atoms with van der Waals surface area (Å²) in [6.45, 7) is 3.06. The van der Waals surface area contributed by atoms with Gasteiger partial charge in [-0.25, -0.2) is 0 Å². The fourth-order valence-corrected chi connectivity index (χ4v) is 2.52. The highest BCUT2D eigenvalue weighted by Gasteiger charge is 2.32. The van der Waals surface area contributed by atoms with Crippen LogP contribution >= 0.6 is 11.3 Å². The minimum atomic E-state index is -0.00527. The van der Waals surface area contributed by atoms with E-state index in [1.807, 2.05) is 6.07 Å². The van der Waals surface area contributed by atoms with Crippen LogP contribution in [0.4, 0.5) is 0 Å². The molecule has 1 aliphatic rings. The van der Waals surface area contributed by atoms with Gasteiger partial charge >= 0.3 is 0 Å². The second-order valence-corrected chi connectivity index (χ2v) is 5.71. The Balaban J connectivity index is 1.85. The fraction of sp³-hybridized carbons (Fsp3) is 0.500. The van der Waals surface area contributed by atoms with Gasteiger partial charge < -0.3 is 10.4 Å². The molecule has 96 valence electrons. The average molecular weight is 263 g/mol. The van der Waals surface area contributed by atoms with Crippen molar-refractivity contribution >= 4 is 17.2 Å². The van der Waals surface area contributed by atoms with Crippen molar-refractivity contribution in [2.75, 3.05) is 13.2 Å². The van der Waals surface area contributed by atoms with Crippen LogP contribution in [0.25, 0.3) is 0 Å². The van der Waals surface area contributed by atoms with E-state index in [9.17, 15) is 4.79 Å². The molecule has 2 rings (SSSR count). The minimum absolute atomic E-state index is 0.00527. The van der Waals surface area contributed by atoms with Crippen LogP contribution in [0.5, 0.6) is 0 Å². The Morgan fingerprint density at radius 3 is 3.06 bits per heavy atom. The van der Waals surface area contributed by atoms with Crippen molar-refractivity contribution in [3.05, 3.63) is 21.9 Å². The summed E-state index contributed by atoms with van der Waals surface area (Å²) in [5.74, 6) is 7.20. The Kier molecular flexibility index (Phi) is 4.40. The molecule has 0 saturated heterocycles. The molecule has 1 aromatic rings. The average Bonchev–Trinajstić information content (AvgIpc) is 2.88. The lowest BCUT2D eigenvalue weighted by Gasteiger charge is -2.01. The second-order valence-electron chi connectivity index (χ2n) is 4.62. The number of hydrogen-bond donors (Lipinski definition) is 2. The largest absolute Gasteiger partial charge is 0.395 e. The van der Waals surface area contributed by atoms with E-state index in [1.165, 1.54) is 17.8 Å². The molecule has 18 heavy (non-hydrogen) atoms. The molecule has 0 bridgehead atoms. The lowest BCUT2D eigenvalue weighted by molar-refractivity contribution is 0.0955. The zero-order chi connectivity index (χ0) is 13.0. The Morgan fingerprint density at radius 1 is 1.61 bits per heavy atom. The molecule has 2 unspecified atom stereocenters. The Labute approximate surface area is 111 Å². The monoisotopic (exact) mass is 263 g/mol. The van der Waals surface area contributed by atoms with Gasteiger partial charge in [0.2, 0.25) is 0 Å². The van der Waals surface area contributed by atoms with Crippen LogP contribution in [0, 0.1) is 23.7 Å². The molecule has 2 atom stereocenters. The number of carbonyl (C=O) groups excluding carboxylic acids is 1. The lowest BCUT2D eigenvalue weighted by atomic mass is 10.3. The summed E-state index contributed by atoms with van der Waals surface area (Å²) in [5.41, 5.74) is 0. The van der Waals surface area contributed by atoms with E-state index in [-0.39, 0.29) is 12.5 Å². The highest BCUT2D eigenvalue weighted by Crippen LogP contribution is 2.36. The molecule has 0 aromatic carbocycles. The van der Waals surface area contributed by atoms with Crippen molar-refractivity contribution in [1.82, 2.24) is 5.32 Å². The SMILES string of the molecule is CC1CC1CNC(=O)c1ccc(C#CCCO)s1. The van der Waals surface area contributed by atoms with Gasteiger partial charge in [0.15, 0.2) is 0 Å². The smallest absolute Gasteiger partial charge is 0.261 e. The lowest BCUT2D eigenvalue weighted by Crippen LogP contribution is -2.24. The van der Waals surface area contributed by atoms with Gasteiger partial charge in [0, 0.05) is 13.0 Å². The molecule has 1 fully saturated rings. The number of amides is 1. The minimum Gasteiger partial charge on any atom is -0.395 e. The summed E-state index contributed by atoms with van der Waals surface area (Å²) in [6.07, 6.45) is 1.70. The van der Waals surface area contributed by atoms with Crippen molar-refractivity contribution in [2.24, 2.45) is 11.8 Å². The molecule has 1 heterocycles. The number of carbonyl (C=O) groups is 1. The maximum absolute atomic E-state index is 11.8. The topological polar surface area (TPSA) is 49.3 Å². The van der Waals surface area contributed by atoms with Crippen LogP contribution in [-0.4, -0.2) is 24.2 Å². The number of nitrogens with one attached hydrogen (secondary N) is 1. The second kappa shape index (κ2) is 6.03. The predicted octanol–water partition coefficient (Wildman–Crippen LogP) is 1.87. The molecule has 0 spiro atoms. The van der Waals surface area contributed by atoms with E-state index in [1.54, 1.807) is 6.07 Å². The summed E-state index contributed by atoms with van der Waals surface area (Å²) >= 11 is 1.40. The summed E-state index contributed by atoms with van der Waals surface area (Å²) in [5, 5.41) is 11.6. The molecule has 3 nitrogen and oxygen atoms in total. The van der Waals surface area contributed by atoms with Crippen molar-refractivity contribution in [2.45, 2.75) is 19.8 Å². The zero-order valence-electron chi connectivity index (χ0n) is 10.4. The molecule has 0 radical (unpaired) electrons. The Hall–Kier alpha value is -1.31. The molecular weight excluding hydrogens is 246 g/mol. The first-order valence-electron chi connectivity index (χ1n) is 6.18. The highest BCUT2D eigenvalue weighted by atomic mass is 32.1. The number of thiophene rings is 1. The Bertz CT molecular complexity index is 483. The number of aliphatic hydroxyl groups excluding tert-OH is 1. The third-order valence-corrected chi connectivity index (χ3v) is 4.08. The fourth-order valence-electron chi connectivity index (χ4n) is 1.73. The summed E-state index contributed by atoms with van der Waals surface area (Å²) in [7, 11) is 0. The highest BCUT2D eigenvalue weighted by molar-refractivity contribution is 7.14. The van der Waals surface area contributed by atoms with E-state index in [0.717, 1.165) is 17.3 Å². The first-order valence-corrected chi connectivity index (χ1v) is 7.00. The third-order valence-electron chi connectivity index (χ3n) is 3.08. The molecule has 1 aliphatic carbocycles. The van der Waals surface area contributed by atoms with Gasteiger partial charge in [0.05, 0.1) is 16.4 Å². The van der Waals surface area contributed by atoms with E-state index in [2.05, 4.69) is 24.1 Å². The van der Waals surface area contributed by atoms with Crippen LogP contribution in [0.2, 0.25) is 0 Å². The summed E-state index contributed by atoms with van der Waals surface area (Å²) < 4.78 is 0. The van der Waals surface area contributed by atoms with E-state index in [0.29, 0.717) is 17.2 Å². The van der Waals surface area contributed by atoms with Gasteiger partial charge in [0.25, 0.3) is 5.91 Å². The normalized spacial score (nSPS) is 21.0. The molecule has 4 heteroatoms. The zero-order valence-corrected chi connectivity index (χ0v) is 11.2. The first-order chi connectivity index (χ1) is 8.70. The molecular formula is C14H17NO2S. The van der Waals surface area contributed by atoms with Crippen molar-refractivity contribution in [3.63, 3.8) is 0 Å². The number of rotatable bonds is 4. The van der Waals surface area contributed by atoms with E-state index >= 15 is 0 Å². The van der Waals surface area contributed by atoms with Crippen LogP contribution < -0.4 is 5.32 Å². The molecule has 1 aromatic heterocycles. The van der Waals surface area contributed by atoms with Crippen LogP contribution in [0.1, 0.15) is 34.3 Å². The number of aliphatic hydroxyl groups is 1. The van der Waals surface area contributed by atoms with Crippen molar-refractivity contribution < 1.29 is 9.90 Å². The van der Waals surface area contributed by atoms with Crippen LogP contribution in [0.3, 0.4) is 0 Å². The van der Waals surface area contributed by atoms with Gasteiger partial charge in [-0.3, -0.25) is 4.79 Å². The molecule has 0 aliphatic heterocycles. The summed E-state index contributed by atoms with van der Waals surface area (Å²) in [4.78, 5) is 13.4. The molecule has 1 amide bonds. The maximum Gasteiger partial charge on any atom is 0.261 e. The van der Waals surface area contributed by atoms with Gasteiger partial charge in [-0.2, -0.15) is 0 Å². The van der Waals surface area contributed by atoms with Crippen molar-refractivity contribution in [1.29, 1.82) is 0 Å².